The number of carbonyl (C=O) groups excluding carboxylic acids is 4. The van der Waals surface area contributed by atoms with Crippen LogP contribution in [-0.2, 0) is 20.9 Å². The number of hydrogen-bond acceptors (Lipinski definition) is 9. The topological polar surface area (TPSA) is 145 Å². The molecular formula is C16H12N6O5S. The van der Waals surface area contributed by atoms with E-state index in [0.717, 1.165) is 6.08 Å². The largest absolute Gasteiger partial charge is 0.423 e. The molecule has 1 aliphatic rings. The van der Waals surface area contributed by atoms with Crippen LogP contribution in [0.2, 0.25) is 0 Å². The molecule has 0 aliphatic carbocycles. The van der Waals surface area contributed by atoms with E-state index >= 15 is 0 Å². The molecule has 28 heavy (non-hydrogen) atoms. The number of carbonyl (C=O) groups is 4. The smallest absolute Gasteiger partial charge is 0.337 e. The summed E-state index contributed by atoms with van der Waals surface area (Å²) < 4.78 is 6.42. The van der Waals surface area contributed by atoms with Crippen LogP contribution in [0, 0.1) is 0 Å². The van der Waals surface area contributed by atoms with Crippen LogP contribution in [0.1, 0.15) is 5.56 Å². The highest BCUT2D eigenvalue weighted by Crippen LogP contribution is 2.23. The SMILES string of the molecule is O=C(Cn1cncn1)N/N=C\c1ccc(OC(=O)/C=C2\SC(=O)NC2=O)cc1. The minimum absolute atomic E-state index is 0.0103. The zero-order valence-corrected chi connectivity index (χ0v) is 14.9. The zero-order valence-electron chi connectivity index (χ0n) is 14.1. The average molecular weight is 400 g/mol. The number of ether oxygens (including phenoxy) is 1. The molecule has 2 aromatic rings. The van der Waals surface area contributed by atoms with Gasteiger partial charge in [0.25, 0.3) is 17.1 Å². The number of esters is 1. The first-order chi connectivity index (χ1) is 13.5. The van der Waals surface area contributed by atoms with Crippen molar-refractivity contribution in [3.05, 3.63) is 53.5 Å². The maximum atomic E-state index is 11.8. The van der Waals surface area contributed by atoms with Gasteiger partial charge in [-0.15, -0.1) is 0 Å². The van der Waals surface area contributed by atoms with Crippen LogP contribution in [-0.4, -0.2) is 44.0 Å². The van der Waals surface area contributed by atoms with Crippen molar-refractivity contribution in [1.29, 1.82) is 0 Å². The van der Waals surface area contributed by atoms with Gasteiger partial charge in [0.15, 0.2) is 0 Å². The summed E-state index contributed by atoms with van der Waals surface area (Å²) >= 11 is 0.627. The highest BCUT2D eigenvalue weighted by Gasteiger charge is 2.26. The number of thioether (sulfide) groups is 1. The fourth-order valence-corrected chi connectivity index (χ4v) is 2.61. The third kappa shape index (κ3) is 5.35. The number of benzene rings is 1. The van der Waals surface area contributed by atoms with E-state index in [1.165, 1.54) is 35.7 Å². The van der Waals surface area contributed by atoms with Crippen LogP contribution in [0.4, 0.5) is 4.79 Å². The van der Waals surface area contributed by atoms with Gasteiger partial charge in [-0.05, 0) is 41.6 Å². The van der Waals surface area contributed by atoms with Gasteiger partial charge in [0, 0.05) is 6.08 Å². The van der Waals surface area contributed by atoms with E-state index in [0.29, 0.717) is 17.3 Å². The van der Waals surface area contributed by atoms with Gasteiger partial charge in [-0.2, -0.15) is 10.2 Å². The van der Waals surface area contributed by atoms with Crippen molar-refractivity contribution in [2.45, 2.75) is 6.54 Å². The summed E-state index contributed by atoms with van der Waals surface area (Å²) in [4.78, 5) is 49.5. The van der Waals surface area contributed by atoms with Crippen molar-refractivity contribution in [2.75, 3.05) is 0 Å². The van der Waals surface area contributed by atoms with Crippen LogP contribution in [0.15, 0.2) is 53.0 Å². The summed E-state index contributed by atoms with van der Waals surface area (Å²) in [5.74, 6) is -1.55. The van der Waals surface area contributed by atoms with Gasteiger partial charge < -0.3 is 4.74 Å². The molecule has 142 valence electrons. The summed E-state index contributed by atoms with van der Waals surface area (Å²) in [5.41, 5.74) is 2.99. The lowest BCUT2D eigenvalue weighted by Gasteiger charge is -2.02. The number of aromatic nitrogens is 3. The monoisotopic (exact) mass is 400 g/mol. The van der Waals surface area contributed by atoms with E-state index in [2.05, 4.69) is 20.6 Å². The van der Waals surface area contributed by atoms with Crippen molar-refractivity contribution < 1.29 is 23.9 Å². The number of nitrogens with one attached hydrogen (secondary N) is 2. The van der Waals surface area contributed by atoms with Crippen LogP contribution in [0.3, 0.4) is 0 Å². The van der Waals surface area contributed by atoms with E-state index in [1.54, 1.807) is 12.1 Å². The van der Waals surface area contributed by atoms with Crippen molar-refractivity contribution in [3.8, 4) is 5.75 Å². The summed E-state index contributed by atoms with van der Waals surface area (Å²) in [6, 6.07) is 6.26. The van der Waals surface area contributed by atoms with Gasteiger partial charge in [-0.1, -0.05) is 0 Å². The van der Waals surface area contributed by atoms with Gasteiger partial charge in [0.05, 0.1) is 11.1 Å². The van der Waals surface area contributed by atoms with Gasteiger partial charge in [-0.3, -0.25) is 19.7 Å². The van der Waals surface area contributed by atoms with Crippen LogP contribution in [0.25, 0.3) is 0 Å². The quantitative estimate of drug-likeness (QED) is 0.230. The minimum Gasteiger partial charge on any atom is -0.423 e. The maximum absolute atomic E-state index is 11.8. The average Bonchev–Trinajstić information content (AvgIpc) is 3.26. The molecule has 1 fully saturated rings. The van der Waals surface area contributed by atoms with Crippen molar-refractivity contribution in [2.24, 2.45) is 5.10 Å². The Morgan fingerprint density at radius 3 is 2.71 bits per heavy atom. The molecule has 0 bridgehead atoms. The normalized spacial score (nSPS) is 15.1. The summed E-state index contributed by atoms with van der Waals surface area (Å²) in [6.07, 6.45) is 5.10. The molecule has 11 nitrogen and oxygen atoms in total. The van der Waals surface area contributed by atoms with E-state index in [-0.39, 0.29) is 23.1 Å². The zero-order chi connectivity index (χ0) is 19.9. The Bertz CT molecular complexity index is 968. The molecule has 1 aromatic heterocycles. The first-order valence-electron chi connectivity index (χ1n) is 7.70. The Labute approximate surface area is 161 Å². The molecule has 1 aliphatic heterocycles. The number of hydrazone groups is 1. The fraction of sp³-hybridized carbons (Fsp3) is 0.0625. The maximum Gasteiger partial charge on any atom is 0.337 e. The molecule has 0 spiro atoms. The molecule has 1 saturated heterocycles. The lowest BCUT2D eigenvalue weighted by atomic mass is 10.2. The highest BCUT2D eigenvalue weighted by molar-refractivity contribution is 8.18. The number of hydrogen-bond donors (Lipinski definition) is 2. The lowest BCUT2D eigenvalue weighted by Crippen LogP contribution is -2.23. The second-order valence-corrected chi connectivity index (χ2v) is 6.24. The van der Waals surface area contributed by atoms with Crippen molar-refractivity contribution in [3.63, 3.8) is 0 Å². The van der Waals surface area contributed by atoms with Crippen LogP contribution < -0.4 is 15.5 Å². The molecule has 0 atom stereocenters. The molecule has 0 radical (unpaired) electrons. The van der Waals surface area contributed by atoms with E-state index < -0.39 is 17.1 Å². The van der Waals surface area contributed by atoms with Crippen molar-refractivity contribution in [1.82, 2.24) is 25.5 Å². The van der Waals surface area contributed by atoms with Gasteiger partial charge in [-0.25, -0.2) is 19.9 Å². The number of amides is 3. The molecule has 3 amide bonds. The van der Waals surface area contributed by atoms with E-state index in [4.69, 9.17) is 4.74 Å². The molecule has 0 unspecified atom stereocenters. The van der Waals surface area contributed by atoms with Crippen molar-refractivity contribution >= 4 is 41.0 Å². The standard InChI is InChI=1S/C16H12N6O5S/c23-13(7-22-9-17-8-19-22)21-18-6-10-1-3-11(4-2-10)27-14(24)5-12-15(25)20-16(26)28-12/h1-6,8-9H,7H2,(H,21,23)(H,20,25,26)/b12-5-,18-6-. The first kappa shape index (κ1) is 19.0. The fourth-order valence-electron chi connectivity index (χ4n) is 1.97. The summed E-state index contributed by atoms with van der Waals surface area (Å²) in [7, 11) is 0. The lowest BCUT2D eigenvalue weighted by molar-refractivity contribution is -0.129. The Morgan fingerprint density at radius 1 is 1.29 bits per heavy atom. The molecule has 2 N–H and O–H groups in total. The Hall–Kier alpha value is -3.80. The Morgan fingerprint density at radius 2 is 2.07 bits per heavy atom. The number of rotatable bonds is 6. The number of imide groups is 1. The second kappa shape index (κ2) is 8.73. The molecule has 12 heteroatoms. The number of nitrogens with zero attached hydrogens (tertiary/aromatic N) is 4. The predicted octanol–water partition coefficient (Wildman–Crippen LogP) is 0.201. The minimum atomic E-state index is -0.783. The van der Waals surface area contributed by atoms with E-state index in [1.807, 2.05) is 5.32 Å². The molecule has 3 rings (SSSR count). The highest BCUT2D eigenvalue weighted by atomic mass is 32.2. The molecule has 0 saturated carbocycles. The second-order valence-electron chi connectivity index (χ2n) is 5.23. The van der Waals surface area contributed by atoms with Gasteiger partial charge in [0.2, 0.25) is 0 Å². The van der Waals surface area contributed by atoms with Gasteiger partial charge >= 0.3 is 5.97 Å². The van der Waals surface area contributed by atoms with Crippen LogP contribution in [0.5, 0.6) is 5.75 Å². The van der Waals surface area contributed by atoms with Gasteiger partial charge in [0.1, 0.15) is 24.9 Å². The predicted molar refractivity (Wildman–Crippen MR) is 97.0 cm³/mol. The summed E-state index contributed by atoms with van der Waals surface area (Å²) in [6.45, 7) is -0.0103. The Balaban J connectivity index is 1.50. The first-order valence-corrected chi connectivity index (χ1v) is 8.52. The molecular weight excluding hydrogens is 388 g/mol. The van der Waals surface area contributed by atoms with E-state index in [9.17, 15) is 19.2 Å². The molecule has 2 heterocycles. The Kier molecular flexibility index (Phi) is 5.91. The molecule has 1 aromatic carbocycles. The summed E-state index contributed by atoms with van der Waals surface area (Å²) in [5, 5.41) is 9.12. The third-order valence-corrected chi connectivity index (χ3v) is 3.98. The van der Waals surface area contributed by atoms with Crippen LogP contribution >= 0.6 is 11.8 Å². The third-order valence-electron chi connectivity index (χ3n) is 3.16.